The van der Waals surface area contributed by atoms with Gasteiger partial charge in [-0.3, -0.25) is 14.3 Å². The molecule has 0 unspecified atom stereocenters. The first-order valence-corrected chi connectivity index (χ1v) is 9.78. The average Bonchev–Trinajstić information content (AvgIpc) is 3.04. The zero-order valence-corrected chi connectivity index (χ0v) is 17.8. The van der Waals surface area contributed by atoms with E-state index in [2.05, 4.69) is 15.3 Å². The van der Waals surface area contributed by atoms with Crippen LogP contribution in [-0.4, -0.2) is 69.0 Å². The zero-order chi connectivity index (χ0) is 21.8. The number of aryl methyl sites for hydroxylation is 1. The second kappa shape index (κ2) is 9.33. The highest BCUT2D eigenvalue weighted by Gasteiger charge is 2.19. The SMILES string of the molecule is CN(C)CCNc1nc2c(c(=O)[nH]c(=O)n2C)n1C[C@H](O)COc1ccc(Cl)cc1. The molecule has 10 nitrogen and oxygen atoms in total. The molecule has 0 saturated heterocycles. The summed E-state index contributed by atoms with van der Waals surface area (Å²) in [6.45, 7) is 1.36. The minimum Gasteiger partial charge on any atom is -0.491 e. The smallest absolute Gasteiger partial charge is 0.329 e. The first kappa shape index (κ1) is 21.9. The number of halogens is 1. The minimum absolute atomic E-state index is 0.00210. The van der Waals surface area contributed by atoms with E-state index in [0.29, 0.717) is 23.3 Å². The number of hydrogen-bond donors (Lipinski definition) is 3. The van der Waals surface area contributed by atoms with E-state index in [1.807, 2.05) is 19.0 Å². The third-order valence-corrected chi connectivity index (χ3v) is 4.75. The Morgan fingerprint density at radius 3 is 2.67 bits per heavy atom. The van der Waals surface area contributed by atoms with Crippen molar-refractivity contribution < 1.29 is 9.84 Å². The summed E-state index contributed by atoms with van der Waals surface area (Å²) in [5.41, 5.74) is -0.674. The van der Waals surface area contributed by atoms with Crippen LogP contribution in [0.1, 0.15) is 0 Å². The number of aromatic nitrogens is 4. The van der Waals surface area contributed by atoms with Gasteiger partial charge in [-0.1, -0.05) is 11.6 Å². The van der Waals surface area contributed by atoms with Crippen LogP contribution in [0.2, 0.25) is 5.02 Å². The van der Waals surface area contributed by atoms with Crippen molar-refractivity contribution in [3.05, 3.63) is 50.1 Å². The lowest BCUT2D eigenvalue weighted by atomic mass is 10.3. The number of nitrogens with zero attached hydrogens (tertiary/aromatic N) is 4. The topological polar surface area (TPSA) is 117 Å². The van der Waals surface area contributed by atoms with Gasteiger partial charge in [0.25, 0.3) is 5.56 Å². The van der Waals surface area contributed by atoms with Crippen molar-refractivity contribution in [3.8, 4) is 5.75 Å². The number of fused-ring (bicyclic) bond motifs is 1. The number of imidazole rings is 1. The summed E-state index contributed by atoms with van der Waals surface area (Å²) in [7, 11) is 5.41. The molecule has 0 amide bonds. The normalized spacial score (nSPS) is 12.5. The summed E-state index contributed by atoms with van der Waals surface area (Å²) >= 11 is 5.86. The molecular formula is C19H25ClN6O4. The van der Waals surface area contributed by atoms with Crippen LogP contribution in [0.5, 0.6) is 5.75 Å². The van der Waals surface area contributed by atoms with E-state index >= 15 is 0 Å². The summed E-state index contributed by atoms with van der Waals surface area (Å²) in [5, 5.41) is 14.3. The molecule has 2 aromatic heterocycles. The van der Waals surface area contributed by atoms with Gasteiger partial charge in [0.1, 0.15) is 18.5 Å². The molecule has 0 aliphatic rings. The van der Waals surface area contributed by atoms with Gasteiger partial charge in [0.15, 0.2) is 11.2 Å². The van der Waals surface area contributed by atoms with Gasteiger partial charge in [-0.15, -0.1) is 0 Å². The third kappa shape index (κ3) is 5.02. The Morgan fingerprint density at radius 2 is 2.00 bits per heavy atom. The molecule has 3 rings (SSSR count). The van der Waals surface area contributed by atoms with Crippen molar-refractivity contribution in [1.82, 2.24) is 24.0 Å². The molecule has 0 radical (unpaired) electrons. The van der Waals surface area contributed by atoms with Gasteiger partial charge >= 0.3 is 5.69 Å². The minimum atomic E-state index is -0.927. The molecule has 1 atom stereocenters. The molecule has 30 heavy (non-hydrogen) atoms. The summed E-state index contributed by atoms with van der Waals surface area (Å²) in [4.78, 5) is 33.1. The first-order valence-electron chi connectivity index (χ1n) is 9.41. The van der Waals surface area contributed by atoms with Crippen molar-refractivity contribution in [2.24, 2.45) is 7.05 Å². The zero-order valence-electron chi connectivity index (χ0n) is 17.1. The van der Waals surface area contributed by atoms with Crippen LogP contribution in [0.15, 0.2) is 33.9 Å². The number of likely N-dealkylation sites (N-methyl/N-ethyl adjacent to an activating group) is 1. The van der Waals surface area contributed by atoms with Gasteiger partial charge in [0, 0.05) is 25.2 Å². The maximum Gasteiger partial charge on any atom is 0.329 e. The lowest BCUT2D eigenvalue weighted by molar-refractivity contribution is 0.0938. The Labute approximate surface area is 177 Å². The Morgan fingerprint density at radius 1 is 1.30 bits per heavy atom. The molecule has 162 valence electrons. The summed E-state index contributed by atoms with van der Waals surface area (Å²) in [6, 6.07) is 6.80. The van der Waals surface area contributed by atoms with Crippen molar-refractivity contribution in [2.75, 3.05) is 39.1 Å². The molecular weight excluding hydrogens is 412 g/mol. The highest BCUT2D eigenvalue weighted by Crippen LogP contribution is 2.18. The Kier molecular flexibility index (Phi) is 6.80. The van der Waals surface area contributed by atoms with Gasteiger partial charge in [-0.05, 0) is 38.4 Å². The Balaban J connectivity index is 1.85. The third-order valence-electron chi connectivity index (χ3n) is 4.50. The van der Waals surface area contributed by atoms with Crippen molar-refractivity contribution in [2.45, 2.75) is 12.6 Å². The number of rotatable bonds is 9. The Bertz CT molecular complexity index is 1120. The monoisotopic (exact) mass is 436 g/mol. The van der Waals surface area contributed by atoms with E-state index < -0.39 is 17.4 Å². The summed E-state index contributed by atoms with van der Waals surface area (Å²) in [5.74, 6) is 0.961. The van der Waals surface area contributed by atoms with Gasteiger partial charge in [-0.25, -0.2) is 4.79 Å². The molecule has 1 aromatic carbocycles. The van der Waals surface area contributed by atoms with E-state index in [-0.39, 0.29) is 24.3 Å². The van der Waals surface area contributed by atoms with E-state index in [4.69, 9.17) is 16.3 Å². The average molecular weight is 437 g/mol. The highest BCUT2D eigenvalue weighted by molar-refractivity contribution is 6.30. The largest absolute Gasteiger partial charge is 0.491 e. The van der Waals surface area contributed by atoms with Crippen molar-refractivity contribution in [1.29, 1.82) is 0 Å². The van der Waals surface area contributed by atoms with Crippen LogP contribution in [0.4, 0.5) is 5.95 Å². The van der Waals surface area contributed by atoms with Crippen molar-refractivity contribution in [3.63, 3.8) is 0 Å². The maximum absolute atomic E-state index is 12.5. The molecule has 2 heterocycles. The number of hydrogen-bond acceptors (Lipinski definition) is 7. The molecule has 0 fully saturated rings. The number of nitrogens with one attached hydrogen (secondary N) is 2. The predicted molar refractivity (Wildman–Crippen MR) is 116 cm³/mol. The molecule has 0 saturated carbocycles. The predicted octanol–water partition coefficient (Wildman–Crippen LogP) is 0.490. The lowest BCUT2D eigenvalue weighted by Gasteiger charge is -2.16. The standard InChI is InChI=1S/C19H25ClN6O4/c1-24(2)9-8-21-18-22-16-15(17(28)23-19(29)25(16)3)26(18)10-13(27)11-30-14-6-4-12(20)5-7-14/h4-7,13,27H,8-11H2,1-3H3,(H,21,22)(H,23,28,29)/t13-/m0/s1. The molecule has 0 spiro atoms. The van der Waals surface area contributed by atoms with Gasteiger partial charge < -0.3 is 24.6 Å². The molecule has 11 heteroatoms. The second-order valence-electron chi connectivity index (χ2n) is 7.19. The molecule has 0 bridgehead atoms. The van der Waals surface area contributed by atoms with Crippen LogP contribution < -0.4 is 21.3 Å². The van der Waals surface area contributed by atoms with Gasteiger partial charge in [-0.2, -0.15) is 4.98 Å². The molecule has 3 N–H and O–H groups in total. The second-order valence-corrected chi connectivity index (χ2v) is 7.62. The van der Waals surface area contributed by atoms with E-state index in [1.54, 1.807) is 28.8 Å². The number of H-pyrrole nitrogens is 1. The quantitative estimate of drug-likeness (QED) is 0.447. The fourth-order valence-electron chi connectivity index (χ4n) is 2.93. The van der Waals surface area contributed by atoms with E-state index in [1.165, 1.54) is 11.6 Å². The lowest BCUT2D eigenvalue weighted by Crippen LogP contribution is -2.31. The number of anilines is 1. The highest BCUT2D eigenvalue weighted by atomic mass is 35.5. The molecule has 0 aliphatic carbocycles. The van der Waals surface area contributed by atoms with Crippen molar-refractivity contribution >= 4 is 28.7 Å². The van der Waals surface area contributed by atoms with Crippen LogP contribution in [0.3, 0.4) is 0 Å². The van der Waals surface area contributed by atoms with Crippen LogP contribution in [0, 0.1) is 0 Å². The Hall–Kier alpha value is -2.82. The molecule has 3 aromatic rings. The van der Waals surface area contributed by atoms with Crippen LogP contribution in [0.25, 0.3) is 11.2 Å². The maximum atomic E-state index is 12.5. The molecule has 0 aliphatic heterocycles. The van der Waals surface area contributed by atoms with E-state index in [0.717, 1.165) is 6.54 Å². The van der Waals surface area contributed by atoms with Gasteiger partial charge in [0.2, 0.25) is 5.95 Å². The van der Waals surface area contributed by atoms with Gasteiger partial charge in [0.05, 0.1) is 6.54 Å². The number of aromatic amines is 1. The van der Waals surface area contributed by atoms with Crippen LogP contribution >= 0.6 is 11.6 Å². The number of aliphatic hydroxyl groups is 1. The fraction of sp³-hybridized carbons (Fsp3) is 0.421. The summed E-state index contributed by atoms with van der Waals surface area (Å²) in [6.07, 6.45) is -0.927. The fourth-order valence-corrected chi connectivity index (χ4v) is 3.05. The number of aliphatic hydroxyl groups excluding tert-OH is 1. The number of benzene rings is 1. The number of ether oxygens (including phenoxy) is 1. The first-order chi connectivity index (χ1) is 14.3. The summed E-state index contributed by atoms with van der Waals surface area (Å²) < 4.78 is 8.43. The van der Waals surface area contributed by atoms with Crippen LogP contribution in [-0.2, 0) is 13.6 Å². The van der Waals surface area contributed by atoms with E-state index in [9.17, 15) is 14.7 Å².